The maximum absolute atomic E-state index is 12.9. The summed E-state index contributed by atoms with van der Waals surface area (Å²) in [6, 6.07) is 9.32. The number of halogens is 2. The van der Waals surface area contributed by atoms with Gasteiger partial charge in [-0.3, -0.25) is 0 Å². The predicted octanol–water partition coefficient (Wildman–Crippen LogP) is 2.53. The standard InChI is InChI=1S/C17H19F2N3O3S/c18-17(19)26(23,24)15-6-2-1-5-14(15)21-12-13-4-3-7-20-16(13)22-8-10-25-11-9-22/h1-7,17,21H,8-12H2. The van der Waals surface area contributed by atoms with E-state index in [1.807, 2.05) is 6.07 Å². The molecule has 1 aromatic heterocycles. The zero-order chi connectivity index (χ0) is 18.6. The van der Waals surface area contributed by atoms with Crippen molar-refractivity contribution >= 4 is 21.3 Å². The number of benzene rings is 1. The van der Waals surface area contributed by atoms with Crippen LogP contribution in [0.1, 0.15) is 5.56 Å². The van der Waals surface area contributed by atoms with E-state index in [0.717, 1.165) is 11.4 Å². The number of alkyl halides is 2. The Labute approximate surface area is 150 Å². The Hall–Kier alpha value is -2.26. The van der Waals surface area contributed by atoms with Crippen LogP contribution in [0.5, 0.6) is 0 Å². The van der Waals surface area contributed by atoms with Crippen LogP contribution in [-0.2, 0) is 21.1 Å². The van der Waals surface area contributed by atoms with Gasteiger partial charge in [-0.15, -0.1) is 0 Å². The number of ether oxygens (including phenoxy) is 1. The molecule has 0 bridgehead atoms. The minimum atomic E-state index is -4.68. The average Bonchev–Trinajstić information content (AvgIpc) is 2.67. The Bertz CT molecular complexity index is 856. The molecule has 1 aliphatic rings. The first-order valence-corrected chi connectivity index (χ1v) is 9.66. The summed E-state index contributed by atoms with van der Waals surface area (Å²) >= 11 is 0. The fourth-order valence-electron chi connectivity index (χ4n) is 2.78. The molecule has 6 nitrogen and oxygen atoms in total. The topological polar surface area (TPSA) is 71.5 Å². The Kier molecular flexibility index (Phi) is 5.67. The monoisotopic (exact) mass is 383 g/mol. The van der Waals surface area contributed by atoms with Gasteiger partial charge in [0.05, 0.1) is 23.8 Å². The van der Waals surface area contributed by atoms with E-state index in [9.17, 15) is 17.2 Å². The maximum atomic E-state index is 12.9. The van der Waals surface area contributed by atoms with Crippen LogP contribution in [0.15, 0.2) is 47.5 Å². The van der Waals surface area contributed by atoms with E-state index in [-0.39, 0.29) is 12.2 Å². The molecule has 1 fully saturated rings. The second-order valence-electron chi connectivity index (χ2n) is 5.74. The van der Waals surface area contributed by atoms with Gasteiger partial charge in [-0.25, -0.2) is 13.4 Å². The van der Waals surface area contributed by atoms with Crippen molar-refractivity contribution < 1.29 is 21.9 Å². The lowest BCUT2D eigenvalue weighted by Crippen LogP contribution is -2.37. The lowest BCUT2D eigenvalue weighted by molar-refractivity contribution is 0.122. The van der Waals surface area contributed by atoms with E-state index < -0.39 is 20.5 Å². The summed E-state index contributed by atoms with van der Waals surface area (Å²) in [5.74, 6) is -2.69. The fourth-order valence-corrected chi connectivity index (χ4v) is 3.68. The molecule has 0 saturated carbocycles. The molecule has 3 rings (SSSR count). The minimum absolute atomic E-state index is 0.143. The number of anilines is 2. The highest BCUT2D eigenvalue weighted by Crippen LogP contribution is 2.27. The predicted molar refractivity (Wildman–Crippen MR) is 94.2 cm³/mol. The van der Waals surface area contributed by atoms with Gasteiger partial charge in [0.2, 0.25) is 9.84 Å². The fraction of sp³-hybridized carbons (Fsp3) is 0.353. The second-order valence-corrected chi connectivity index (χ2v) is 7.63. The molecule has 2 heterocycles. The van der Waals surface area contributed by atoms with Crippen LogP contribution in [-0.4, -0.2) is 45.5 Å². The number of aromatic nitrogens is 1. The Morgan fingerprint density at radius 1 is 1.15 bits per heavy atom. The number of sulfone groups is 1. The molecule has 0 spiro atoms. The smallest absolute Gasteiger partial charge is 0.341 e. The number of nitrogens with one attached hydrogen (secondary N) is 1. The molecule has 1 saturated heterocycles. The van der Waals surface area contributed by atoms with Gasteiger partial charge in [0, 0.05) is 31.4 Å². The molecule has 1 aliphatic heterocycles. The summed E-state index contributed by atoms with van der Waals surface area (Å²) in [6.07, 6.45) is 1.68. The molecular weight excluding hydrogens is 364 g/mol. The van der Waals surface area contributed by atoms with Crippen LogP contribution in [0.4, 0.5) is 20.3 Å². The second kappa shape index (κ2) is 7.96. The van der Waals surface area contributed by atoms with Crippen LogP contribution in [0.25, 0.3) is 0 Å². The van der Waals surface area contributed by atoms with Crippen LogP contribution in [0.2, 0.25) is 0 Å². The lowest BCUT2D eigenvalue weighted by atomic mass is 10.2. The molecule has 2 aromatic rings. The number of rotatable bonds is 6. The highest BCUT2D eigenvalue weighted by molar-refractivity contribution is 7.91. The van der Waals surface area contributed by atoms with Gasteiger partial charge >= 0.3 is 5.76 Å². The van der Waals surface area contributed by atoms with Gasteiger partial charge in [-0.05, 0) is 18.2 Å². The molecule has 0 unspecified atom stereocenters. The Morgan fingerprint density at radius 3 is 2.62 bits per heavy atom. The molecular formula is C17H19F2N3O3S. The number of pyridine rings is 1. The normalized spacial score (nSPS) is 15.3. The highest BCUT2D eigenvalue weighted by atomic mass is 32.2. The largest absolute Gasteiger partial charge is 0.380 e. The van der Waals surface area contributed by atoms with Crippen molar-refractivity contribution in [3.05, 3.63) is 48.2 Å². The van der Waals surface area contributed by atoms with Gasteiger partial charge in [0.15, 0.2) is 0 Å². The van der Waals surface area contributed by atoms with E-state index in [1.165, 1.54) is 18.2 Å². The number of para-hydroxylation sites is 1. The van der Waals surface area contributed by atoms with Gasteiger partial charge < -0.3 is 15.0 Å². The third-order valence-corrected chi connectivity index (χ3v) is 5.51. The minimum Gasteiger partial charge on any atom is -0.380 e. The third-order valence-electron chi connectivity index (χ3n) is 4.08. The number of nitrogens with zero attached hydrogens (tertiary/aromatic N) is 2. The van der Waals surface area contributed by atoms with Crippen molar-refractivity contribution in [2.75, 3.05) is 36.5 Å². The van der Waals surface area contributed by atoms with Crippen LogP contribution >= 0.6 is 0 Å². The van der Waals surface area contributed by atoms with Crippen LogP contribution < -0.4 is 10.2 Å². The van der Waals surface area contributed by atoms with E-state index in [1.54, 1.807) is 18.3 Å². The van der Waals surface area contributed by atoms with Crippen molar-refractivity contribution in [3.63, 3.8) is 0 Å². The highest BCUT2D eigenvalue weighted by Gasteiger charge is 2.29. The molecule has 26 heavy (non-hydrogen) atoms. The zero-order valence-electron chi connectivity index (χ0n) is 13.9. The van der Waals surface area contributed by atoms with Gasteiger partial charge in [-0.1, -0.05) is 18.2 Å². The first-order valence-electron chi connectivity index (χ1n) is 8.11. The maximum Gasteiger partial charge on any atom is 0.341 e. The van der Waals surface area contributed by atoms with Gasteiger partial charge in [-0.2, -0.15) is 8.78 Å². The van der Waals surface area contributed by atoms with E-state index in [4.69, 9.17) is 4.74 Å². The summed E-state index contributed by atoms with van der Waals surface area (Å²) in [4.78, 5) is 6.08. The summed E-state index contributed by atoms with van der Waals surface area (Å²) in [5, 5.41) is 2.96. The van der Waals surface area contributed by atoms with Gasteiger partial charge in [0.1, 0.15) is 5.82 Å². The molecule has 0 amide bonds. The van der Waals surface area contributed by atoms with Crippen molar-refractivity contribution in [1.82, 2.24) is 4.98 Å². The Morgan fingerprint density at radius 2 is 1.88 bits per heavy atom. The summed E-state index contributed by atoms with van der Waals surface area (Å²) in [6.45, 7) is 2.90. The van der Waals surface area contributed by atoms with Gasteiger partial charge in [0.25, 0.3) is 0 Å². The van der Waals surface area contributed by atoms with E-state index >= 15 is 0 Å². The van der Waals surface area contributed by atoms with E-state index in [0.29, 0.717) is 26.3 Å². The van der Waals surface area contributed by atoms with Crippen molar-refractivity contribution in [2.24, 2.45) is 0 Å². The molecule has 140 valence electrons. The number of hydrogen-bond donors (Lipinski definition) is 1. The molecule has 0 atom stereocenters. The average molecular weight is 383 g/mol. The molecule has 1 N–H and O–H groups in total. The summed E-state index contributed by atoms with van der Waals surface area (Å²) < 4.78 is 54.9. The van der Waals surface area contributed by atoms with E-state index in [2.05, 4.69) is 15.2 Å². The Balaban J connectivity index is 1.83. The zero-order valence-corrected chi connectivity index (χ0v) is 14.8. The molecule has 1 aromatic carbocycles. The first-order chi connectivity index (χ1) is 12.5. The third kappa shape index (κ3) is 3.94. The molecule has 0 radical (unpaired) electrons. The SMILES string of the molecule is O=S(=O)(c1ccccc1NCc1cccnc1N1CCOCC1)C(F)F. The van der Waals surface area contributed by atoms with Crippen LogP contribution in [0.3, 0.4) is 0 Å². The number of morpholine rings is 1. The summed E-state index contributed by atoms with van der Waals surface area (Å²) in [7, 11) is -4.68. The summed E-state index contributed by atoms with van der Waals surface area (Å²) in [5.41, 5.74) is 0.989. The quantitative estimate of drug-likeness (QED) is 0.827. The lowest BCUT2D eigenvalue weighted by Gasteiger charge is -2.29. The van der Waals surface area contributed by atoms with Crippen molar-refractivity contribution in [3.8, 4) is 0 Å². The van der Waals surface area contributed by atoms with Crippen molar-refractivity contribution in [1.29, 1.82) is 0 Å². The number of hydrogen-bond acceptors (Lipinski definition) is 6. The van der Waals surface area contributed by atoms with Crippen molar-refractivity contribution in [2.45, 2.75) is 17.2 Å². The molecule has 0 aliphatic carbocycles. The van der Waals surface area contributed by atoms with Crippen LogP contribution in [0, 0.1) is 0 Å². The molecule has 9 heteroatoms. The first kappa shape index (κ1) is 18.5.